The van der Waals surface area contributed by atoms with Crippen molar-refractivity contribution in [1.29, 1.82) is 0 Å². The molecule has 114 valence electrons. The third kappa shape index (κ3) is 4.38. The van der Waals surface area contributed by atoms with Crippen LogP contribution in [0.4, 0.5) is 5.69 Å². The Morgan fingerprint density at radius 2 is 2.00 bits per heavy atom. The molecule has 5 heteroatoms. The number of carbonyl (C=O) groups is 1. The van der Waals surface area contributed by atoms with Gasteiger partial charge in [-0.15, -0.1) is 0 Å². The Morgan fingerprint density at radius 3 is 2.78 bits per heavy atom. The normalized spacial score (nSPS) is 10.8. The third-order valence-corrected chi connectivity index (χ3v) is 3.20. The van der Waals surface area contributed by atoms with Crippen LogP contribution in [-0.2, 0) is 11.3 Å². The molecule has 0 saturated heterocycles. The van der Waals surface area contributed by atoms with Crippen molar-refractivity contribution in [3.63, 3.8) is 0 Å². The van der Waals surface area contributed by atoms with Gasteiger partial charge in [-0.1, -0.05) is 36.4 Å². The van der Waals surface area contributed by atoms with E-state index in [0.717, 1.165) is 11.1 Å². The monoisotopic (exact) mass is 304 g/mol. The number of nitrogens with zero attached hydrogens (tertiary/aromatic N) is 3. The van der Waals surface area contributed by atoms with Crippen molar-refractivity contribution in [3.8, 4) is 0 Å². The summed E-state index contributed by atoms with van der Waals surface area (Å²) in [6, 6.07) is 13.7. The largest absolute Gasteiger partial charge is 0.320 e. The van der Waals surface area contributed by atoms with Crippen LogP contribution in [0.25, 0.3) is 6.08 Å². The van der Waals surface area contributed by atoms with Crippen LogP contribution >= 0.6 is 0 Å². The molecule has 1 N–H and O–H groups in total. The molecule has 2 aromatic heterocycles. The van der Waals surface area contributed by atoms with Crippen LogP contribution in [0, 0.1) is 0 Å². The van der Waals surface area contributed by atoms with Gasteiger partial charge in [-0.05, 0) is 23.3 Å². The van der Waals surface area contributed by atoms with E-state index in [1.165, 1.54) is 6.08 Å². The lowest BCUT2D eigenvalue weighted by Crippen LogP contribution is -2.07. The molecule has 5 nitrogen and oxygen atoms in total. The molecule has 0 spiro atoms. The Kier molecular flexibility index (Phi) is 4.59. The van der Waals surface area contributed by atoms with Gasteiger partial charge in [0.2, 0.25) is 5.91 Å². The van der Waals surface area contributed by atoms with Gasteiger partial charge in [0, 0.05) is 24.7 Å². The first-order chi connectivity index (χ1) is 11.3. The number of anilines is 1. The number of rotatable bonds is 5. The topological polar surface area (TPSA) is 59.8 Å². The molecular formula is C18H16N4O. The second kappa shape index (κ2) is 7.17. The summed E-state index contributed by atoms with van der Waals surface area (Å²) < 4.78 is 1.79. The SMILES string of the molecule is O=C(/C=C\c1cccnc1)Nc1cnn(Cc2ccccc2)c1. The van der Waals surface area contributed by atoms with Crippen molar-refractivity contribution in [2.75, 3.05) is 5.32 Å². The van der Waals surface area contributed by atoms with Gasteiger partial charge in [0.05, 0.1) is 18.4 Å². The van der Waals surface area contributed by atoms with Crippen LogP contribution in [0.2, 0.25) is 0 Å². The molecule has 23 heavy (non-hydrogen) atoms. The number of benzene rings is 1. The first-order valence-corrected chi connectivity index (χ1v) is 7.25. The highest BCUT2D eigenvalue weighted by molar-refractivity contribution is 6.01. The molecule has 3 aromatic rings. The van der Waals surface area contributed by atoms with E-state index in [1.54, 1.807) is 29.3 Å². The molecule has 0 aliphatic heterocycles. The summed E-state index contributed by atoms with van der Waals surface area (Å²) in [6.07, 6.45) is 10.0. The van der Waals surface area contributed by atoms with Gasteiger partial charge in [0.25, 0.3) is 0 Å². The first kappa shape index (κ1) is 14.7. The minimum absolute atomic E-state index is 0.201. The van der Waals surface area contributed by atoms with Crippen LogP contribution in [0.3, 0.4) is 0 Å². The van der Waals surface area contributed by atoms with Crippen molar-refractivity contribution in [1.82, 2.24) is 14.8 Å². The number of aromatic nitrogens is 3. The molecule has 0 aliphatic rings. The molecule has 0 aliphatic carbocycles. The number of hydrogen-bond donors (Lipinski definition) is 1. The number of pyridine rings is 1. The van der Waals surface area contributed by atoms with E-state index in [1.807, 2.05) is 48.7 Å². The van der Waals surface area contributed by atoms with Crippen LogP contribution in [-0.4, -0.2) is 20.7 Å². The standard InChI is InChI=1S/C18H16N4O/c23-18(9-8-15-7-4-10-19-11-15)21-17-12-20-22(14-17)13-16-5-2-1-3-6-16/h1-12,14H,13H2,(H,21,23)/b9-8-. The highest BCUT2D eigenvalue weighted by Crippen LogP contribution is 2.08. The van der Waals surface area contributed by atoms with E-state index in [4.69, 9.17) is 0 Å². The van der Waals surface area contributed by atoms with E-state index in [9.17, 15) is 4.79 Å². The summed E-state index contributed by atoms with van der Waals surface area (Å²) in [7, 11) is 0. The van der Waals surface area contributed by atoms with Crippen LogP contribution in [0.15, 0.2) is 73.3 Å². The quantitative estimate of drug-likeness (QED) is 0.737. The minimum Gasteiger partial charge on any atom is -0.320 e. The summed E-state index contributed by atoms with van der Waals surface area (Å²) in [4.78, 5) is 15.9. The van der Waals surface area contributed by atoms with Crippen molar-refractivity contribution in [2.24, 2.45) is 0 Å². The fourth-order valence-corrected chi connectivity index (χ4v) is 2.12. The molecule has 3 rings (SSSR count). The second-order valence-electron chi connectivity index (χ2n) is 5.02. The van der Waals surface area contributed by atoms with Gasteiger partial charge in [-0.2, -0.15) is 5.10 Å². The van der Waals surface area contributed by atoms with E-state index in [2.05, 4.69) is 15.4 Å². The zero-order valence-corrected chi connectivity index (χ0v) is 12.5. The Balaban J connectivity index is 1.58. The molecule has 0 radical (unpaired) electrons. The van der Waals surface area contributed by atoms with Gasteiger partial charge >= 0.3 is 0 Å². The maximum Gasteiger partial charge on any atom is 0.248 e. The Morgan fingerprint density at radius 1 is 1.13 bits per heavy atom. The fraction of sp³-hybridized carbons (Fsp3) is 0.0556. The van der Waals surface area contributed by atoms with Gasteiger partial charge < -0.3 is 5.32 Å². The van der Waals surface area contributed by atoms with Crippen LogP contribution in [0.5, 0.6) is 0 Å². The number of hydrogen-bond acceptors (Lipinski definition) is 3. The first-order valence-electron chi connectivity index (χ1n) is 7.25. The molecule has 0 atom stereocenters. The molecule has 2 heterocycles. The van der Waals surface area contributed by atoms with E-state index in [0.29, 0.717) is 12.2 Å². The molecule has 1 aromatic carbocycles. The van der Waals surface area contributed by atoms with Crippen molar-refractivity contribution < 1.29 is 4.79 Å². The van der Waals surface area contributed by atoms with Gasteiger partial charge in [-0.25, -0.2) is 0 Å². The maximum atomic E-state index is 11.9. The second-order valence-corrected chi connectivity index (χ2v) is 5.02. The van der Waals surface area contributed by atoms with Crippen molar-refractivity contribution >= 4 is 17.7 Å². The zero-order chi connectivity index (χ0) is 15.9. The lowest BCUT2D eigenvalue weighted by molar-refractivity contribution is -0.111. The molecule has 1 amide bonds. The molecule has 0 bridgehead atoms. The van der Waals surface area contributed by atoms with Crippen molar-refractivity contribution in [3.05, 3.63) is 84.5 Å². The summed E-state index contributed by atoms with van der Waals surface area (Å²) in [5.41, 5.74) is 2.70. The van der Waals surface area contributed by atoms with E-state index < -0.39 is 0 Å². The Bertz CT molecular complexity index is 794. The molecule has 0 fully saturated rings. The molecular weight excluding hydrogens is 288 g/mol. The molecule has 0 unspecified atom stereocenters. The lowest BCUT2D eigenvalue weighted by Gasteiger charge is -2.01. The number of amides is 1. The van der Waals surface area contributed by atoms with Crippen molar-refractivity contribution in [2.45, 2.75) is 6.54 Å². The fourth-order valence-electron chi connectivity index (χ4n) is 2.12. The summed E-state index contributed by atoms with van der Waals surface area (Å²) in [5, 5.41) is 7.04. The van der Waals surface area contributed by atoms with Crippen LogP contribution < -0.4 is 5.32 Å². The van der Waals surface area contributed by atoms with Gasteiger partial charge in [0.1, 0.15) is 0 Å². The zero-order valence-electron chi connectivity index (χ0n) is 12.5. The summed E-state index contributed by atoms with van der Waals surface area (Å²) in [5.74, 6) is -0.201. The maximum absolute atomic E-state index is 11.9. The third-order valence-electron chi connectivity index (χ3n) is 3.20. The average molecular weight is 304 g/mol. The highest BCUT2D eigenvalue weighted by Gasteiger charge is 2.02. The average Bonchev–Trinajstić information content (AvgIpc) is 3.02. The Labute approximate surface area is 134 Å². The van der Waals surface area contributed by atoms with Gasteiger partial charge in [-0.3, -0.25) is 14.5 Å². The predicted octanol–water partition coefficient (Wildman–Crippen LogP) is 2.98. The predicted molar refractivity (Wildman–Crippen MR) is 89.7 cm³/mol. The summed E-state index contributed by atoms with van der Waals surface area (Å²) >= 11 is 0. The van der Waals surface area contributed by atoms with Crippen LogP contribution in [0.1, 0.15) is 11.1 Å². The van der Waals surface area contributed by atoms with E-state index >= 15 is 0 Å². The molecule has 0 saturated carbocycles. The summed E-state index contributed by atoms with van der Waals surface area (Å²) in [6.45, 7) is 0.669. The lowest BCUT2D eigenvalue weighted by atomic mass is 10.2. The smallest absolute Gasteiger partial charge is 0.248 e. The Hall–Kier alpha value is -3.21. The van der Waals surface area contributed by atoms with E-state index in [-0.39, 0.29) is 5.91 Å². The highest BCUT2D eigenvalue weighted by atomic mass is 16.1. The number of carbonyl (C=O) groups excluding carboxylic acids is 1. The number of nitrogens with one attached hydrogen (secondary N) is 1. The minimum atomic E-state index is -0.201. The van der Waals surface area contributed by atoms with Gasteiger partial charge in [0.15, 0.2) is 0 Å².